The van der Waals surface area contributed by atoms with Gasteiger partial charge in [0, 0.05) is 18.8 Å². The topological polar surface area (TPSA) is 161 Å². The highest BCUT2D eigenvalue weighted by Gasteiger charge is 2.37. The van der Waals surface area contributed by atoms with Gasteiger partial charge in [0.05, 0.1) is 11.8 Å². The molecule has 3 amide bonds. The fourth-order valence-electron chi connectivity index (χ4n) is 4.13. The second-order valence-electron chi connectivity index (χ2n) is 8.47. The van der Waals surface area contributed by atoms with Gasteiger partial charge >= 0.3 is 0 Å². The van der Waals surface area contributed by atoms with Crippen molar-refractivity contribution in [2.24, 2.45) is 5.73 Å². The predicted octanol–water partition coefficient (Wildman–Crippen LogP) is 2.52. The van der Waals surface area contributed by atoms with Gasteiger partial charge in [0.1, 0.15) is 16.7 Å². The Morgan fingerprint density at radius 2 is 1.94 bits per heavy atom. The van der Waals surface area contributed by atoms with Crippen molar-refractivity contribution in [3.05, 3.63) is 70.2 Å². The van der Waals surface area contributed by atoms with E-state index in [0.29, 0.717) is 17.9 Å². The molecule has 188 valence electrons. The van der Waals surface area contributed by atoms with Crippen LogP contribution in [0.2, 0.25) is 0 Å². The Morgan fingerprint density at radius 1 is 1.22 bits per heavy atom. The number of amides is 3. The quantitative estimate of drug-likeness (QED) is 0.363. The van der Waals surface area contributed by atoms with Crippen LogP contribution in [0.15, 0.2) is 48.5 Å². The van der Waals surface area contributed by atoms with Crippen molar-refractivity contribution in [1.82, 2.24) is 9.69 Å². The number of aromatic nitrogens is 1. The molecule has 10 nitrogen and oxygen atoms in total. The zero-order valence-corrected chi connectivity index (χ0v) is 20.5. The Hall–Kier alpha value is -3.96. The smallest absolute Gasteiger partial charge is 0.273 e. The van der Waals surface area contributed by atoms with E-state index in [9.17, 15) is 19.5 Å². The normalized spacial score (nSPS) is 15.9. The minimum Gasteiger partial charge on any atom is -0.508 e. The van der Waals surface area contributed by atoms with Gasteiger partial charge in [-0.05, 0) is 60.6 Å². The van der Waals surface area contributed by atoms with E-state index in [1.807, 2.05) is 19.1 Å². The average Bonchev–Trinajstić information content (AvgIpc) is 3.52. The second-order valence-corrected chi connectivity index (χ2v) is 9.25. The van der Waals surface area contributed by atoms with Crippen LogP contribution in [0.1, 0.15) is 50.2 Å². The van der Waals surface area contributed by atoms with Gasteiger partial charge in [0.25, 0.3) is 11.8 Å². The van der Waals surface area contributed by atoms with E-state index in [1.165, 1.54) is 17.0 Å². The molecule has 4 rings (SSSR count). The first-order valence-corrected chi connectivity index (χ1v) is 12.2. The number of carbonyl (C=O) groups is 3. The summed E-state index contributed by atoms with van der Waals surface area (Å²) >= 11 is 0.743. The van der Waals surface area contributed by atoms with Crippen molar-refractivity contribution in [2.75, 3.05) is 23.8 Å². The molecular formula is C25H27N5O5S. The van der Waals surface area contributed by atoms with Crippen LogP contribution in [0.4, 0.5) is 11.4 Å². The summed E-state index contributed by atoms with van der Waals surface area (Å²) in [7, 11) is 0. The van der Waals surface area contributed by atoms with Crippen molar-refractivity contribution in [2.45, 2.75) is 31.9 Å². The Labute approximate surface area is 212 Å². The SMILES string of the molecule is Cc1ccccc1N(C(=O)c1snc(C(N)=O)c1N)[C@H](C(=O)NC[C@H]1CCCO1)c1ccc(O)cc1. The number of nitrogens with two attached hydrogens (primary N) is 2. The maximum absolute atomic E-state index is 14.0. The molecule has 1 aromatic heterocycles. The zero-order valence-electron chi connectivity index (χ0n) is 19.6. The summed E-state index contributed by atoms with van der Waals surface area (Å²) in [6, 6.07) is 12.0. The number of benzene rings is 2. The molecular weight excluding hydrogens is 482 g/mol. The first kappa shape index (κ1) is 25.1. The summed E-state index contributed by atoms with van der Waals surface area (Å²) in [4.78, 5) is 40.8. The van der Waals surface area contributed by atoms with Crippen molar-refractivity contribution >= 4 is 40.6 Å². The van der Waals surface area contributed by atoms with Crippen LogP contribution >= 0.6 is 11.5 Å². The number of anilines is 2. The number of hydrogen-bond acceptors (Lipinski definition) is 8. The van der Waals surface area contributed by atoms with Crippen molar-refractivity contribution in [3.8, 4) is 5.75 Å². The van der Waals surface area contributed by atoms with Crippen LogP contribution in [-0.2, 0) is 9.53 Å². The minimum absolute atomic E-state index is 0.0113. The molecule has 36 heavy (non-hydrogen) atoms. The number of phenolic OH excluding ortho intramolecular Hbond substituents is 1. The van der Waals surface area contributed by atoms with Gasteiger partial charge in [-0.3, -0.25) is 19.3 Å². The number of para-hydroxylation sites is 1. The molecule has 0 aliphatic carbocycles. The van der Waals surface area contributed by atoms with Crippen molar-refractivity contribution in [1.29, 1.82) is 0 Å². The van der Waals surface area contributed by atoms with E-state index in [1.54, 1.807) is 24.3 Å². The van der Waals surface area contributed by atoms with Crippen LogP contribution in [0, 0.1) is 6.92 Å². The fraction of sp³-hybridized carbons (Fsp3) is 0.280. The predicted molar refractivity (Wildman–Crippen MR) is 136 cm³/mol. The minimum atomic E-state index is -1.13. The van der Waals surface area contributed by atoms with Gasteiger partial charge < -0.3 is 26.6 Å². The third kappa shape index (κ3) is 5.16. The number of nitrogens with zero attached hydrogens (tertiary/aromatic N) is 2. The number of nitrogens with one attached hydrogen (secondary N) is 1. The highest BCUT2D eigenvalue weighted by atomic mass is 32.1. The summed E-state index contributed by atoms with van der Waals surface area (Å²) in [6.07, 6.45) is 1.65. The van der Waals surface area contributed by atoms with Gasteiger partial charge in [-0.25, -0.2) is 0 Å². The highest BCUT2D eigenvalue weighted by molar-refractivity contribution is 7.09. The number of phenols is 1. The van der Waals surface area contributed by atoms with Crippen LogP contribution < -0.4 is 21.7 Å². The third-order valence-electron chi connectivity index (χ3n) is 5.99. The molecule has 1 fully saturated rings. The average molecular weight is 510 g/mol. The molecule has 11 heteroatoms. The Balaban J connectivity index is 1.82. The Kier molecular flexibility index (Phi) is 7.51. The lowest BCUT2D eigenvalue weighted by molar-refractivity contribution is -0.123. The molecule has 6 N–H and O–H groups in total. The third-order valence-corrected chi connectivity index (χ3v) is 6.84. The number of hydrogen-bond donors (Lipinski definition) is 4. The summed E-state index contributed by atoms with van der Waals surface area (Å²) in [5.74, 6) is -1.89. The second kappa shape index (κ2) is 10.8. The Morgan fingerprint density at radius 3 is 2.56 bits per heavy atom. The van der Waals surface area contributed by atoms with Crippen LogP contribution in [0.25, 0.3) is 0 Å². The number of ether oxygens (including phenoxy) is 1. The fourth-order valence-corrected chi connectivity index (χ4v) is 4.87. The summed E-state index contributed by atoms with van der Waals surface area (Å²) in [5.41, 5.74) is 12.8. The largest absolute Gasteiger partial charge is 0.508 e. The van der Waals surface area contributed by atoms with Crippen molar-refractivity contribution < 1.29 is 24.2 Å². The summed E-state index contributed by atoms with van der Waals surface area (Å²) in [5, 5.41) is 12.8. The van der Waals surface area contributed by atoms with Crippen LogP contribution in [0.3, 0.4) is 0 Å². The lowest BCUT2D eigenvalue weighted by atomic mass is 10.0. The molecule has 0 spiro atoms. The van der Waals surface area contributed by atoms with E-state index >= 15 is 0 Å². The molecule has 2 aromatic carbocycles. The van der Waals surface area contributed by atoms with E-state index in [2.05, 4.69) is 9.69 Å². The number of carbonyl (C=O) groups excluding carboxylic acids is 3. The van der Waals surface area contributed by atoms with Gasteiger partial charge in [0.2, 0.25) is 5.91 Å². The molecule has 3 aromatic rings. The van der Waals surface area contributed by atoms with Gasteiger partial charge in [-0.2, -0.15) is 4.37 Å². The number of nitrogen functional groups attached to an aromatic ring is 1. The van der Waals surface area contributed by atoms with Crippen LogP contribution in [0.5, 0.6) is 5.75 Å². The molecule has 1 saturated heterocycles. The van der Waals surface area contributed by atoms with Crippen LogP contribution in [-0.4, -0.2) is 46.5 Å². The highest BCUT2D eigenvalue weighted by Crippen LogP contribution is 2.35. The Bertz CT molecular complexity index is 1270. The first-order valence-electron chi connectivity index (χ1n) is 11.4. The maximum atomic E-state index is 14.0. The standard InChI is InChI=1S/C25H27N5O5S/c1-14-5-2-3-7-18(14)30(25(34)22-19(26)20(23(27)32)29-36-22)21(15-8-10-16(31)11-9-15)24(33)28-13-17-6-4-12-35-17/h2-3,5,7-11,17,21,31H,4,6,12-13,26H2,1H3,(H2,27,32)(H,28,33)/t17-,21+/m1/s1. The molecule has 2 heterocycles. The number of primary amides is 1. The lowest BCUT2D eigenvalue weighted by Crippen LogP contribution is -2.45. The van der Waals surface area contributed by atoms with E-state index < -0.39 is 23.8 Å². The van der Waals surface area contributed by atoms with E-state index in [4.69, 9.17) is 16.2 Å². The summed E-state index contributed by atoms with van der Waals surface area (Å²) in [6.45, 7) is 2.75. The van der Waals surface area contributed by atoms with Gasteiger partial charge in [-0.15, -0.1) is 0 Å². The summed E-state index contributed by atoms with van der Waals surface area (Å²) < 4.78 is 9.59. The van der Waals surface area contributed by atoms with Gasteiger partial charge in [-0.1, -0.05) is 30.3 Å². The molecule has 0 bridgehead atoms. The zero-order chi connectivity index (χ0) is 25.8. The molecule has 0 saturated carbocycles. The maximum Gasteiger partial charge on any atom is 0.273 e. The molecule has 0 unspecified atom stereocenters. The molecule has 0 radical (unpaired) electrons. The number of rotatable bonds is 8. The lowest BCUT2D eigenvalue weighted by Gasteiger charge is -2.32. The van der Waals surface area contributed by atoms with Crippen molar-refractivity contribution in [3.63, 3.8) is 0 Å². The monoisotopic (exact) mass is 509 g/mol. The molecule has 1 aliphatic heterocycles. The molecule has 1 aliphatic rings. The first-order chi connectivity index (χ1) is 17.3. The van der Waals surface area contributed by atoms with E-state index in [-0.39, 0.29) is 34.7 Å². The van der Waals surface area contributed by atoms with Gasteiger partial charge in [0.15, 0.2) is 5.69 Å². The number of aromatic hydroxyl groups is 1. The molecule has 2 atom stereocenters. The van der Waals surface area contributed by atoms with E-state index in [0.717, 1.165) is 29.9 Å². The number of aryl methyl sites for hydroxylation is 1.